The smallest absolute Gasteiger partial charge is 0.312 e. The number of carbonyl (C=O) groups excluding carboxylic acids is 1. The van der Waals surface area contributed by atoms with Crippen molar-refractivity contribution in [2.75, 3.05) is 13.1 Å². The van der Waals surface area contributed by atoms with Gasteiger partial charge in [-0.15, -0.1) is 12.4 Å². The Hall–Kier alpha value is -1.57. The minimum atomic E-state index is -0.822. The number of nitro benzene ring substituents is 1. The van der Waals surface area contributed by atoms with Crippen LogP contribution >= 0.6 is 24.0 Å². The summed E-state index contributed by atoms with van der Waals surface area (Å²) in [7, 11) is 0. The number of ether oxygens (including phenoxy) is 1. The molecule has 1 aliphatic rings. The summed E-state index contributed by atoms with van der Waals surface area (Å²) in [6.07, 6.45) is 1.07. The number of piperidine rings is 1. The molecule has 9 heteroatoms. The zero-order chi connectivity index (χ0) is 17.9. The highest BCUT2D eigenvalue weighted by atomic mass is 35.5. The molecular weight excluding hydrogens is 369 g/mol. The Balaban J connectivity index is 0.00000312. The molecule has 0 radical (unpaired) electrons. The predicted octanol–water partition coefficient (Wildman–Crippen LogP) is 3.02. The number of likely N-dealkylation sites (tertiary alicyclic amines) is 1. The fourth-order valence-electron chi connectivity index (χ4n) is 2.87. The van der Waals surface area contributed by atoms with Crippen LogP contribution in [0, 0.1) is 16.0 Å². The Labute approximate surface area is 158 Å². The van der Waals surface area contributed by atoms with Crippen LogP contribution in [0.25, 0.3) is 0 Å². The van der Waals surface area contributed by atoms with Crippen LogP contribution in [0.15, 0.2) is 18.2 Å². The summed E-state index contributed by atoms with van der Waals surface area (Å²) in [5.74, 6) is 0.107. The molecule has 1 saturated heterocycles. The fourth-order valence-corrected chi connectivity index (χ4v) is 3.04. The van der Waals surface area contributed by atoms with Crippen LogP contribution in [0.4, 0.5) is 5.69 Å². The van der Waals surface area contributed by atoms with E-state index in [0.29, 0.717) is 13.1 Å². The van der Waals surface area contributed by atoms with Gasteiger partial charge in [-0.3, -0.25) is 14.9 Å². The number of carbonyl (C=O) groups is 1. The van der Waals surface area contributed by atoms with E-state index >= 15 is 0 Å². The second kappa shape index (κ2) is 9.22. The normalized spacial score (nSPS) is 19.5. The lowest BCUT2D eigenvalue weighted by Gasteiger charge is -2.35. The van der Waals surface area contributed by atoms with Gasteiger partial charge < -0.3 is 15.4 Å². The van der Waals surface area contributed by atoms with Crippen LogP contribution in [0.1, 0.15) is 26.7 Å². The predicted molar refractivity (Wildman–Crippen MR) is 98.4 cm³/mol. The Morgan fingerprint density at radius 2 is 2.16 bits per heavy atom. The Morgan fingerprint density at radius 1 is 1.48 bits per heavy atom. The standard InChI is InChI=1S/C16H22ClN3O4.ClH/c1-10(18)12-4-3-7-19(9-12)16(21)11(2)24-15-6-5-13(17)8-14(15)20(22)23;/h5-6,8,10-12H,3-4,7,9,18H2,1-2H3;1H. The molecule has 0 saturated carbocycles. The molecule has 2 rings (SSSR count). The average Bonchev–Trinajstić information content (AvgIpc) is 2.55. The van der Waals surface area contributed by atoms with Crippen molar-refractivity contribution in [3.8, 4) is 5.75 Å². The molecule has 1 fully saturated rings. The van der Waals surface area contributed by atoms with Crippen molar-refractivity contribution in [1.82, 2.24) is 4.90 Å². The molecule has 1 aromatic rings. The van der Waals surface area contributed by atoms with Gasteiger partial charge in [0.05, 0.1) is 4.92 Å². The number of benzene rings is 1. The maximum absolute atomic E-state index is 12.6. The number of amides is 1. The van der Waals surface area contributed by atoms with Gasteiger partial charge in [-0.25, -0.2) is 0 Å². The molecule has 0 bridgehead atoms. The molecule has 3 atom stereocenters. The molecule has 3 unspecified atom stereocenters. The number of nitrogens with zero attached hydrogens (tertiary/aromatic N) is 2. The van der Waals surface area contributed by atoms with Crippen LogP contribution in [0.3, 0.4) is 0 Å². The highest BCUT2D eigenvalue weighted by Gasteiger charge is 2.30. The van der Waals surface area contributed by atoms with E-state index in [1.807, 2.05) is 6.92 Å². The SMILES string of the molecule is CC(Oc1ccc(Cl)cc1[N+](=O)[O-])C(=O)N1CCCC(C(C)N)C1.Cl. The number of nitrogens with two attached hydrogens (primary N) is 1. The van der Waals surface area contributed by atoms with E-state index in [4.69, 9.17) is 22.1 Å². The number of hydrogen-bond donors (Lipinski definition) is 1. The van der Waals surface area contributed by atoms with Gasteiger partial charge in [0.15, 0.2) is 11.9 Å². The maximum atomic E-state index is 12.6. The van der Waals surface area contributed by atoms with E-state index in [9.17, 15) is 14.9 Å². The van der Waals surface area contributed by atoms with E-state index < -0.39 is 11.0 Å². The van der Waals surface area contributed by atoms with Crippen molar-refractivity contribution < 1.29 is 14.5 Å². The van der Waals surface area contributed by atoms with Crippen LogP contribution in [0.5, 0.6) is 5.75 Å². The number of rotatable bonds is 5. The molecular formula is C16H23Cl2N3O4. The summed E-state index contributed by atoms with van der Waals surface area (Å²) < 4.78 is 5.55. The number of nitro groups is 1. The second-order valence-electron chi connectivity index (χ2n) is 6.17. The molecule has 1 aliphatic heterocycles. The molecule has 1 amide bonds. The molecule has 1 aromatic carbocycles. The van der Waals surface area contributed by atoms with Crippen molar-refractivity contribution in [3.63, 3.8) is 0 Å². The third kappa shape index (κ3) is 5.45. The summed E-state index contributed by atoms with van der Waals surface area (Å²) in [6.45, 7) is 4.77. The Kier molecular flexibility index (Phi) is 7.92. The van der Waals surface area contributed by atoms with Crippen LogP contribution < -0.4 is 10.5 Å². The van der Waals surface area contributed by atoms with Crippen molar-refractivity contribution in [1.29, 1.82) is 0 Å². The van der Waals surface area contributed by atoms with Gasteiger partial charge in [-0.05, 0) is 44.7 Å². The van der Waals surface area contributed by atoms with E-state index in [1.165, 1.54) is 18.2 Å². The minimum absolute atomic E-state index is 0. The molecule has 25 heavy (non-hydrogen) atoms. The lowest BCUT2D eigenvalue weighted by Crippen LogP contribution is -2.48. The summed E-state index contributed by atoms with van der Waals surface area (Å²) in [5.41, 5.74) is 5.68. The molecule has 1 heterocycles. The van der Waals surface area contributed by atoms with Gasteiger partial charge in [-0.2, -0.15) is 0 Å². The van der Waals surface area contributed by atoms with Crippen molar-refractivity contribution >= 4 is 35.6 Å². The molecule has 0 aliphatic carbocycles. The van der Waals surface area contributed by atoms with Crippen molar-refractivity contribution in [2.45, 2.75) is 38.8 Å². The van der Waals surface area contributed by atoms with Crippen LogP contribution in [0.2, 0.25) is 5.02 Å². The first kappa shape index (κ1) is 21.5. The van der Waals surface area contributed by atoms with Crippen molar-refractivity contribution in [2.24, 2.45) is 11.7 Å². The monoisotopic (exact) mass is 391 g/mol. The average molecular weight is 392 g/mol. The number of hydrogen-bond acceptors (Lipinski definition) is 5. The lowest BCUT2D eigenvalue weighted by molar-refractivity contribution is -0.386. The first-order chi connectivity index (χ1) is 11.3. The molecule has 7 nitrogen and oxygen atoms in total. The third-order valence-electron chi connectivity index (χ3n) is 4.28. The van der Waals surface area contributed by atoms with E-state index in [0.717, 1.165) is 12.8 Å². The Bertz CT molecular complexity index is 627. The fraction of sp³-hybridized carbons (Fsp3) is 0.562. The maximum Gasteiger partial charge on any atom is 0.312 e. The zero-order valence-electron chi connectivity index (χ0n) is 14.2. The first-order valence-electron chi connectivity index (χ1n) is 7.94. The molecule has 140 valence electrons. The van der Waals surface area contributed by atoms with Gasteiger partial charge >= 0.3 is 5.69 Å². The summed E-state index contributed by atoms with van der Waals surface area (Å²) in [5, 5.41) is 11.3. The number of halogens is 2. The second-order valence-corrected chi connectivity index (χ2v) is 6.61. The summed E-state index contributed by atoms with van der Waals surface area (Å²) in [4.78, 5) is 24.8. The van der Waals surface area contributed by atoms with Gasteiger partial charge in [0.25, 0.3) is 5.91 Å². The van der Waals surface area contributed by atoms with Gasteiger partial charge in [-0.1, -0.05) is 11.6 Å². The molecule has 0 aromatic heterocycles. The summed E-state index contributed by atoms with van der Waals surface area (Å²) >= 11 is 5.78. The Morgan fingerprint density at radius 3 is 2.76 bits per heavy atom. The van der Waals surface area contributed by atoms with Gasteiger partial charge in [0.1, 0.15) is 0 Å². The highest BCUT2D eigenvalue weighted by Crippen LogP contribution is 2.31. The van der Waals surface area contributed by atoms with Crippen LogP contribution in [-0.2, 0) is 4.79 Å². The first-order valence-corrected chi connectivity index (χ1v) is 8.32. The van der Waals surface area contributed by atoms with E-state index in [2.05, 4.69) is 0 Å². The van der Waals surface area contributed by atoms with E-state index in [1.54, 1.807) is 11.8 Å². The van der Waals surface area contributed by atoms with Crippen molar-refractivity contribution in [3.05, 3.63) is 33.3 Å². The highest BCUT2D eigenvalue weighted by molar-refractivity contribution is 6.30. The molecule has 2 N–H and O–H groups in total. The van der Waals surface area contributed by atoms with E-state index in [-0.39, 0.29) is 46.7 Å². The minimum Gasteiger partial charge on any atom is -0.474 e. The third-order valence-corrected chi connectivity index (χ3v) is 4.52. The molecule has 0 spiro atoms. The summed E-state index contributed by atoms with van der Waals surface area (Å²) in [6, 6.07) is 4.13. The topological polar surface area (TPSA) is 98.7 Å². The lowest BCUT2D eigenvalue weighted by atomic mass is 9.92. The largest absolute Gasteiger partial charge is 0.474 e. The van der Waals surface area contributed by atoms with Gasteiger partial charge in [0.2, 0.25) is 0 Å². The zero-order valence-corrected chi connectivity index (χ0v) is 15.8. The quantitative estimate of drug-likeness (QED) is 0.614. The van der Waals surface area contributed by atoms with Crippen LogP contribution in [-0.4, -0.2) is 41.0 Å². The van der Waals surface area contributed by atoms with Gasteiger partial charge in [0, 0.05) is 30.2 Å².